The van der Waals surface area contributed by atoms with E-state index in [0.717, 1.165) is 18.4 Å². The number of rotatable bonds is 7. The quantitative estimate of drug-likeness (QED) is 0.704. The zero-order valence-electron chi connectivity index (χ0n) is 11.6. The standard InChI is InChI=1S/C15H23NO3/c1-3-15(4-2,11-17)10-16-14(19)9-12-5-7-13(18)8-6-12/h5-8,17-18H,3-4,9-11H2,1-2H3,(H,16,19). The van der Waals surface area contributed by atoms with Gasteiger partial charge in [-0.15, -0.1) is 0 Å². The number of carbonyl (C=O) groups is 1. The van der Waals surface area contributed by atoms with Crippen molar-refractivity contribution in [1.29, 1.82) is 0 Å². The number of hydrogen-bond acceptors (Lipinski definition) is 3. The smallest absolute Gasteiger partial charge is 0.224 e. The number of aliphatic hydroxyl groups is 1. The molecule has 0 aliphatic carbocycles. The summed E-state index contributed by atoms with van der Waals surface area (Å²) in [6.07, 6.45) is 1.95. The number of aliphatic hydroxyl groups excluding tert-OH is 1. The molecule has 3 N–H and O–H groups in total. The molecule has 0 aromatic heterocycles. The molecule has 4 heteroatoms. The second-order valence-corrected chi connectivity index (χ2v) is 4.99. The van der Waals surface area contributed by atoms with Crippen LogP contribution in [0.1, 0.15) is 32.3 Å². The Balaban J connectivity index is 2.49. The van der Waals surface area contributed by atoms with Gasteiger partial charge in [0.15, 0.2) is 0 Å². The van der Waals surface area contributed by atoms with Gasteiger partial charge < -0.3 is 15.5 Å². The summed E-state index contributed by atoms with van der Waals surface area (Å²) < 4.78 is 0. The van der Waals surface area contributed by atoms with Crippen LogP contribution >= 0.6 is 0 Å². The van der Waals surface area contributed by atoms with Crippen LogP contribution in [0.15, 0.2) is 24.3 Å². The zero-order valence-corrected chi connectivity index (χ0v) is 11.6. The first-order valence-electron chi connectivity index (χ1n) is 6.70. The van der Waals surface area contributed by atoms with Crippen LogP contribution in [0.3, 0.4) is 0 Å². The lowest BCUT2D eigenvalue weighted by molar-refractivity contribution is -0.121. The van der Waals surface area contributed by atoms with Crippen LogP contribution in [0.5, 0.6) is 5.75 Å². The van der Waals surface area contributed by atoms with Crippen LogP contribution in [-0.4, -0.2) is 29.3 Å². The lowest BCUT2D eigenvalue weighted by Crippen LogP contribution is -2.39. The van der Waals surface area contributed by atoms with Crippen molar-refractivity contribution in [1.82, 2.24) is 5.32 Å². The third kappa shape index (κ3) is 4.56. The first kappa shape index (κ1) is 15.5. The van der Waals surface area contributed by atoms with E-state index in [-0.39, 0.29) is 30.1 Å². The minimum Gasteiger partial charge on any atom is -0.508 e. The number of benzene rings is 1. The number of aromatic hydroxyl groups is 1. The molecule has 106 valence electrons. The Bertz CT molecular complexity index is 388. The molecule has 0 bridgehead atoms. The fourth-order valence-corrected chi connectivity index (χ4v) is 1.93. The molecule has 0 aliphatic heterocycles. The molecule has 0 unspecified atom stereocenters. The molecule has 0 heterocycles. The molecule has 0 aliphatic rings. The lowest BCUT2D eigenvalue weighted by Gasteiger charge is -2.29. The Morgan fingerprint density at radius 2 is 1.79 bits per heavy atom. The van der Waals surface area contributed by atoms with Crippen molar-refractivity contribution >= 4 is 5.91 Å². The lowest BCUT2D eigenvalue weighted by atomic mass is 9.83. The summed E-state index contributed by atoms with van der Waals surface area (Å²) in [6.45, 7) is 4.62. The van der Waals surface area contributed by atoms with Gasteiger partial charge in [-0.05, 0) is 30.5 Å². The average Bonchev–Trinajstić information content (AvgIpc) is 2.44. The van der Waals surface area contributed by atoms with Gasteiger partial charge in [0, 0.05) is 12.0 Å². The van der Waals surface area contributed by atoms with E-state index in [2.05, 4.69) is 5.32 Å². The molecule has 1 rings (SSSR count). The molecule has 0 fully saturated rings. The summed E-state index contributed by atoms with van der Waals surface area (Å²) >= 11 is 0. The van der Waals surface area contributed by atoms with Gasteiger partial charge in [-0.2, -0.15) is 0 Å². The molecule has 0 saturated carbocycles. The van der Waals surface area contributed by atoms with Crippen molar-refractivity contribution in [3.63, 3.8) is 0 Å². The molecular formula is C15H23NO3. The summed E-state index contributed by atoms with van der Waals surface area (Å²) in [4.78, 5) is 11.8. The normalized spacial score (nSPS) is 11.3. The Labute approximate surface area is 114 Å². The molecule has 0 atom stereocenters. The molecule has 1 amide bonds. The van der Waals surface area contributed by atoms with Crippen LogP contribution in [0.2, 0.25) is 0 Å². The van der Waals surface area contributed by atoms with E-state index >= 15 is 0 Å². The van der Waals surface area contributed by atoms with Crippen LogP contribution in [0, 0.1) is 5.41 Å². The highest BCUT2D eigenvalue weighted by Crippen LogP contribution is 2.24. The molecular weight excluding hydrogens is 242 g/mol. The summed E-state index contributed by atoms with van der Waals surface area (Å²) in [6, 6.07) is 6.60. The zero-order chi connectivity index (χ0) is 14.3. The van der Waals surface area contributed by atoms with Gasteiger partial charge in [0.1, 0.15) is 5.75 Å². The summed E-state index contributed by atoms with van der Waals surface area (Å²) in [5.41, 5.74) is 0.642. The second-order valence-electron chi connectivity index (χ2n) is 4.99. The van der Waals surface area contributed by atoms with Gasteiger partial charge in [0.25, 0.3) is 0 Å². The number of nitrogens with one attached hydrogen (secondary N) is 1. The first-order valence-corrected chi connectivity index (χ1v) is 6.70. The van der Waals surface area contributed by atoms with Gasteiger partial charge in [-0.3, -0.25) is 4.79 Å². The molecule has 1 aromatic carbocycles. The van der Waals surface area contributed by atoms with E-state index < -0.39 is 0 Å². The number of phenolic OH excluding ortho intramolecular Hbond substituents is 1. The highest BCUT2D eigenvalue weighted by atomic mass is 16.3. The largest absolute Gasteiger partial charge is 0.508 e. The predicted molar refractivity (Wildman–Crippen MR) is 74.9 cm³/mol. The number of carbonyl (C=O) groups excluding carboxylic acids is 1. The third-order valence-corrected chi connectivity index (χ3v) is 3.80. The minimum absolute atomic E-state index is 0.0644. The Hall–Kier alpha value is -1.55. The summed E-state index contributed by atoms with van der Waals surface area (Å²) in [5.74, 6) is 0.130. The van der Waals surface area contributed by atoms with Crippen molar-refractivity contribution in [2.45, 2.75) is 33.1 Å². The predicted octanol–water partition coefficient (Wildman–Crippen LogP) is 1.85. The number of hydrogen-bond donors (Lipinski definition) is 3. The number of amides is 1. The van der Waals surface area contributed by atoms with E-state index in [9.17, 15) is 9.90 Å². The van der Waals surface area contributed by atoms with E-state index in [1.54, 1.807) is 24.3 Å². The van der Waals surface area contributed by atoms with E-state index in [1.165, 1.54) is 0 Å². The maximum Gasteiger partial charge on any atom is 0.224 e. The van der Waals surface area contributed by atoms with Crippen LogP contribution in [-0.2, 0) is 11.2 Å². The van der Waals surface area contributed by atoms with Gasteiger partial charge in [-0.25, -0.2) is 0 Å². The Kier molecular flexibility index (Phi) is 5.83. The fourth-order valence-electron chi connectivity index (χ4n) is 1.93. The van der Waals surface area contributed by atoms with Gasteiger partial charge >= 0.3 is 0 Å². The second kappa shape index (κ2) is 7.14. The van der Waals surface area contributed by atoms with Gasteiger partial charge in [0.2, 0.25) is 5.91 Å². The maximum absolute atomic E-state index is 11.8. The highest BCUT2D eigenvalue weighted by molar-refractivity contribution is 5.78. The Morgan fingerprint density at radius 3 is 2.26 bits per heavy atom. The average molecular weight is 265 g/mol. The SMILES string of the molecule is CCC(CC)(CO)CNC(=O)Cc1ccc(O)cc1. The van der Waals surface area contributed by atoms with Gasteiger partial charge in [-0.1, -0.05) is 26.0 Å². The summed E-state index contributed by atoms with van der Waals surface area (Å²) in [7, 11) is 0. The fraction of sp³-hybridized carbons (Fsp3) is 0.533. The maximum atomic E-state index is 11.8. The topological polar surface area (TPSA) is 69.6 Å². The van der Waals surface area contributed by atoms with E-state index in [4.69, 9.17) is 5.11 Å². The molecule has 4 nitrogen and oxygen atoms in total. The first-order chi connectivity index (χ1) is 9.05. The molecule has 0 spiro atoms. The van der Waals surface area contributed by atoms with E-state index in [0.29, 0.717) is 6.54 Å². The van der Waals surface area contributed by atoms with Crippen molar-refractivity contribution in [2.75, 3.05) is 13.2 Å². The van der Waals surface area contributed by atoms with Crippen molar-refractivity contribution < 1.29 is 15.0 Å². The van der Waals surface area contributed by atoms with Crippen molar-refractivity contribution in [3.8, 4) is 5.75 Å². The van der Waals surface area contributed by atoms with Crippen LogP contribution in [0.4, 0.5) is 0 Å². The summed E-state index contributed by atoms with van der Waals surface area (Å²) in [5, 5.41) is 21.5. The van der Waals surface area contributed by atoms with Gasteiger partial charge in [0.05, 0.1) is 13.0 Å². The third-order valence-electron chi connectivity index (χ3n) is 3.80. The highest BCUT2D eigenvalue weighted by Gasteiger charge is 2.25. The van der Waals surface area contributed by atoms with Crippen LogP contribution < -0.4 is 5.32 Å². The molecule has 19 heavy (non-hydrogen) atoms. The van der Waals surface area contributed by atoms with E-state index in [1.807, 2.05) is 13.8 Å². The van der Waals surface area contributed by atoms with Crippen LogP contribution in [0.25, 0.3) is 0 Å². The van der Waals surface area contributed by atoms with Crippen molar-refractivity contribution in [3.05, 3.63) is 29.8 Å². The molecule has 0 radical (unpaired) electrons. The Morgan fingerprint density at radius 1 is 1.21 bits per heavy atom. The number of phenols is 1. The molecule has 1 aromatic rings. The molecule has 0 saturated heterocycles. The minimum atomic E-state index is -0.218. The van der Waals surface area contributed by atoms with Crippen molar-refractivity contribution in [2.24, 2.45) is 5.41 Å². The monoisotopic (exact) mass is 265 g/mol.